The molecule has 2 heterocycles. The van der Waals surface area contributed by atoms with Gasteiger partial charge < -0.3 is 14.8 Å². The normalized spacial score (nSPS) is 10.5. The number of hydrogen-bond donors (Lipinski definition) is 1. The Morgan fingerprint density at radius 1 is 1.09 bits per heavy atom. The van der Waals surface area contributed by atoms with Gasteiger partial charge in [-0.2, -0.15) is 5.10 Å². The third-order valence-corrected chi connectivity index (χ3v) is 3.30. The Bertz CT molecular complexity index is 826. The van der Waals surface area contributed by atoms with Crippen LogP contribution in [0.5, 0.6) is 11.5 Å². The molecule has 0 unspecified atom stereocenters. The third-order valence-electron chi connectivity index (χ3n) is 3.30. The van der Waals surface area contributed by atoms with Crippen LogP contribution in [0.4, 0.5) is 5.69 Å². The zero-order valence-corrected chi connectivity index (χ0v) is 12.2. The van der Waals surface area contributed by atoms with Crippen molar-refractivity contribution in [2.24, 2.45) is 0 Å². The molecule has 0 atom stereocenters. The van der Waals surface area contributed by atoms with Gasteiger partial charge in [-0.3, -0.25) is 4.79 Å². The fraction of sp³-hybridized carbons (Fsp3) is 0.125. The molecule has 0 aliphatic carbocycles. The number of fused-ring (bicyclic) bond motifs is 1. The van der Waals surface area contributed by atoms with Gasteiger partial charge in [0.15, 0.2) is 11.5 Å². The van der Waals surface area contributed by atoms with Crippen molar-refractivity contribution < 1.29 is 14.3 Å². The van der Waals surface area contributed by atoms with E-state index in [0.29, 0.717) is 22.7 Å². The lowest BCUT2D eigenvalue weighted by Crippen LogP contribution is -2.12. The first kappa shape index (κ1) is 13.9. The number of anilines is 1. The number of nitrogens with one attached hydrogen (secondary N) is 1. The van der Waals surface area contributed by atoms with Crippen LogP contribution in [0.15, 0.2) is 48.8 Å². The summed E-state index contributed by atoms with van der Waals surface area (Å²) < 4.78 is 12.1. The van der Waals surface area contributed by atoms with Crippen molar-refractivity contribution >= 4 is 17.1 Å². The van der Waals surface area contributed by atoms with Crippen LogP contribution < -0.4 is 14.8 Å². The average Bonchev–Trinajstić information content (AvgIpc) is 3.01. The first-order valence-corrected chi connectivity index (χ1v) is 6.68. The molecular formula is C16H15N3O3. The molecule has 3 aromatic rings. The van der Waals surface area contributed by atoms with Crippen LogP contribution in [-0.2, 0) is 0 Å². The Morgan fingerprint density at radius 2 is 1.91 bits per heavy atom. The van der Waals surface area contributed by atoms with E-state index in [2.05, 4.69) is 10.4 Å². The Morgan fingerprint density at radius 3 is 2.68 bits per heavy atom. The van der Waals surface area contributed by atoms with Crippen molar-refractivity contribution in [3.8, 4) is 11.5 Å². The second-order valence-corrected chi connectivity index (χ2v) is 4.64. The highest BCUT2D eigenvalue weighted by Crippen LogP contribution is 2.27. The second kappa shape index (κ2) is 5.77. The molecule has 0 saturated heterocycles. The molecule has 0 aliphatic rings. The summed E-state index contributed by atoms with van der Waals surface area (Å²) >= 11 is 0. The molecule has 0 radical (unpaired) electrons. The topological polar surface area (TPSA) is 64.9 Å². The molecule has 22 heavy (non-hydrogen) atoms. The van der Waals surface area contributed by atoms with Crippen molar-refractivity contribution in [1.82, 2.24) is 9.61 Å². The predicted octanol–water partition coefficient (Wildman–Crippen LogP) is 2.60. The number of methoxy groups -OCH3 is 2. The van der Waals surface area contributed by atoms with Crippen molar-refractivity contribution in [2.45, 2.75) is 0 Å². The number of benzene rings is 1. The van der Waals surface area contributed by atoms with Gasteiger partial charge in [0.05, 0.1) is 19.7 Å². The minimum Gasteiger partial charge on any atom is -0.493 e. The summed E-state index contributed by atoms with van der Waals surface area (Å²) in [7, 11) is 3.09. The first-order valence-electron chi connectivity index (χ1n) is 6.68. The molecule has 0 spiro atoms. The largest absolute Gasteiger partial charge is 0.493 e. The predicted molar refractivity (Wildman–Crippen MR) is 82.7 cm³/mol. The highest BCUT2D eigenvalue weighted by molar-refractivity contribution is 6.04. The van der Waals surface area contributed by atoms with E-state index in [-0.39, 0.29) is 5.91 Å². The molecule has 0 bridgehead atoms. The molecule has 6 heteroatoms. The number of carbonyl (C=O) groups excluding carboxylic acids is 1. The summed E-state index contributed by atoms with van der Waals surface area (Å²) in [5.41, 5.74) is 2.10. The number of ether oxygens (including phenoxy) is 2. The standard InChI is InChI=1S/C16H15N3O3/c1-21-14-4-3-11(9-15(14)22-2)16(20)18-12-6-8-19-13(10-12)5-7-17-19/h3-10H,1-2H3,(H,18,20). The Hall–Kier alpha value is -3.02. The van der Waals surface area contributed by atoms with Gasteiger partial charge >= 0.3 is 0 Å². The van der Waals surface area contributed by atoms with E-state index in [9.17, 15) is 4.79 Å². The maximum Gasteiger partial charge on any atom is 0.255 e. The minimum atomic E-state index is -0.218. The van der Waals surface area contributed by atoms with Crippen LogP contribution in [-0.4, -0.2) is 29.7 Å². The summed E-state index contributed by atoms with van der Waals surface area (Å²) in [4.78, 5) is 12.3. The van der Waals surface area contributed by atoms with Crippen LogP contribution in [0, 0.1) is 0 Å². The number of nitrogens with zero attached hydrogens (tertiary/aromatic N) is 2. The average molecular weight is 297 g/mol. The minimum absolute atomic E-state index is 0.218. The summed E-state index contributed by atoms with van der Waals surface area (Å²) in [5, 5.41) is 6.96. The molecule has 3 rings (SSSR count). The maximum absolute atomic E-state index is 12.3. The van der Waals surface area contributed by atoms with Gasteiger partial charge in [0.1, 0.15) is 0 Å². The van der Waals surface area contributed by atoms with Gasteiger partial charge in [-0.15, -0.1) is 0 Å². The first-order chi connectivity index (χ1) is 10.7. The number of aromatic nitrogens is 2. The molecular weight excluding hydrogens is 282 g/mol. The fourth-order valence-corrected chi connectivity index (χ4v) is 2.18. The van der Waals surface area contributed by atoms with Crippen molar-refractivity contribution in [1.29, 1.82) is 0 Å². The van der Waals surface area contributed by atoms with Crippen LogP contribution in [0.25, 0.3) is 5.52 Å². The van der Waals surface area contributed by atoms with Crippen LogP contribution in [0.1, 0.15) is 10.4 Å². The van der Waals surface area contributed by atoms with Crippen molar-refractivity contribution in [3.63, 3.8) is 0 Å². The van der Waals surface area contributed by atoms with Gasteiger partial charge in [-0.25, -0.2) is 4.52 Å². The van der Waals surface area contributed by atoms with Gasteiger partial charge in [0.25, 0.3) is 5.91 Å². The molecule has 0 saturated carbocycles. The highest BCUT2D eigenvalue weighted by atomic mass is 16.5. The Labute approximate surface area is 127 Å². The molecule has 0 fully saturated rings. The van der Waals surface area contributed by atoms with Crippen molar-refractivity contribution in [3.05, 3.63) is 54.4 Å². The van der Waals surface area contributed by atoms with E-state index < -0.39 is 0 Å². The van der Waals surface area contributed by atoms with Crippen LogP contribution >= 0.6 is 0 Å². The molecule has 1 aromatic carbocycles. The third kappa shape index (κ3) is 2.58. The van der Waals surface area contributed by atoms with Gasteiger partial charge in [-0.1, -0.05) is 0 Å². The summed E-state index contributed by atoms with van der Waals surface area (Å²) in [5.74, 6) is 0.881. The molecule has 1 amide bonds. The van der Waals surface area contributed by atoms with E-state index in [0.717, 1.165) is 5.52 Å². The summed E-state index contributed by atoms with van der Waals surface area (Å²) in [6, 6.07) is 10.5. The second-order valence-electron chi connectivity index (χ2n) is 4.64. The van der Waals surface area contributed by atoms with E-state index in [1.165, 1.54) is 7.11 Å². The van der Waals surface area contributed by atoms with Gasteiger partial charge in [0, 0.05) is 23.6 Å². The van der Waals surface area contributed by atoms with Crippen LogP contribution in [0.3, 0.4) is 0 Å². The molecule has 0 aliphatic heterocycles. The molecule has 6 nitrogen and oxygen atoms in total. The smallest absolute Gasteiger partial charge is 0.255 e. The number of rotatable bonds is 4. The number of hydrogen-bond acceptors (Lipinski definition) is 4. The van der Waals surface area contributed by atoms with Gasteiger partial charge in [0.2, 0.25) is 0 Å². The SMILES string of the molecule is COc1ccc(C(=O)Nc2ccn3nccc3c2)cc1OC. The van der Waals surface area contributed by atoms with Crippen LogP contribution in [0.2, 0.25) is 0 Å². The summed E-state index contributed by atoms with van der Waals surface area (Å²) in [6.45, 7) is 0. The monoisotopic (exact) mass is 297 g/mol. The zero-order valence-electron chi connectivity index (χ0n) is 12.2. The Balaban J connectivity index is 1.84. The van der Waals surface area contributed by atoms with E-state index in [1.807, 2.05) is 12.1 Å². The lowest BCUT2D eigenvalue weighted by atomic mass is 10.2. The summed E-state index contributed by atoms with van der Waals surface area (Å²) in [6.07, 6.45) is 3.49. The number of amides is 1. The lowest BCUT2D eigenvalue weighted by molar-refractivity contribution is 0.102. The van der Waals surface area contributed by atoms with E-state index in [4.69, 9.17) is 9.47 Å². The zero-order chi connectivity index (χ0) is 15.5. The van der Waals surface area contributed by atoms with E-state index >= 15 is 0 Å². The van der Waals surface area contributed by atoms with Crippen molar-refractivity contribution in [2.75, 3.05) is 19.5 Å². The number of pyridine rings is 1. The molecule has 2 aromatic heterocycles. The number of carbonyl (C=O) groups is 1. The Kier molecular flexibility index (Phi) is 3.65. The fourth-order valence-electron chi connectivity index (χ4n) is 2.18. The van der Waals surface area contributed by atoms with E-state index in [1.54, 1.807) is 48.3 Å². The van der Waals surface area contributed by atoms with Gasteiger partial charge in [-0.05, 0) is 36.4 Å². The molecule has 112 valence electrons. The molecule has 1 N–H and O–H groups in total. The quantitative estimate of drug-likeness (QED) is 0.804. The lowest BCUT2D eigenvalue weighted by Gasteiger charge is -2.10. The highest BCUT2D eigenvalue weighted by Gasteiger charge is 2.11. The maximum atomic E-state index is 12.3.